The van der Waals surface area contributed by atoms with Gasteiger partial charge in [-0.05, 0) is 6.92 Å². The highest BCUT2D eigenvalue weighted by Crippen LogP contribution is 2.15. The molecule has 0 aromatic carbocycles. The lowest BCUT2D eigenvalue weighted by atomic mass is 10.2. The fourth-order valence-corrected chi connectivity index (χ4v) is 2.77. The van der Waals surface area contributed by atoms with E-state index in [-0.39, 0.29) is 5.69 Å². The van der Waals surface area contributed by atoms with Crippen LogP contribution >= 0.6 is 11.3 Å². The Morgan fingerprint density at radius 1 is 1.30 bits per heavy atom. The SMILES string of the molecule is CC(NC(=O)c1cc(=O)n(C)c(=O)n1C)c1cn2ncsc2n1. The largest absolute Gasteiger partial charge is 0.343 e. The molecule has 3 aromatic rings. The Labute approximate surface area is 133 Å². The molecule has 0 aliphatic heterocycles. The van der Waals surface area contributed by atoms with Gasteiger partial charge in [-0.15, -0.1) is 0 Å². The van der Waals surface area contributed by atoms with E-state index in [9.17, 15) is 14.4 Å². The first kappa shape index (κ1) is 15.2. The van der Waals surface area contributed by atoms with Crippen LogP contribution in [0, 0.1) is 0 Å². The predicted octanol–water partition coefficient (Wildman–Crippen LogP) is -0.321. The van der Waals surface area contributed by atoms with Crippen molar-refractivity contribution in [2.75, 3.05) is 0 Å². The van der Waals surface area contributed by atoms with E-state index in [0.717, 1.165) is 20.2 Å². The molecule has 1 unspecified atom stereocenters. The molecule has 0 fully saturated rings. The van der Waals surface area contributed by atoms with Crippen molar-refractivity contribution in [1.82, 2.24) is 29.0 Å². The van der Waals surface area contributed by atoms with Gasteiger partial charge in [-0.3, -0.25) is 18.7 Å². The summed E-state index contributed by atoms with van der Waals surface area (Å²) in [5.41, 5.74) is 1.24. The zero-order chi connectivity index (χ0) is 16.7. The fourth-order valence-electron chi connectivity index (χ4n) is 2.16. The van der Waals surface area contributed by atoms with E-state index < -0.39 is 23.2 Å². The quantitative estimate of drug-likeness (QED) is 0.707. The van der Waals surface area contributed by atoms with Gasteiger partial charge in [-0.1, -0.05) is 11.3 Å². The van der Waals surface area contributed by atoms with Crippen LogP contribution in [0.3, 0.4) is 0 Å². The van der Waals surface area contributed by atoms with Crippen LogP contribution in [-0.4, -0.2) is 29.6 Å². The molecule has 1 atom stereocenters. The van der Waals surface area contributed by atoms with E-state index in [1.165, 1.54) is 25.4 Å². The van der Waals surface area contributed by atoms with Gasteiger partial charge < -0.3 is 5.32 Å². The Morgan fingerprint density at radius 2 is 2.04 bits per heavy atom. The van der Waals surface area contributed by atoms with Gasteiger partial charge in [0.2, 0.25) is 4.96 Å². The van der Waals surface area contributed by atoms with E-state index in [1.54, 1.807) is 23.1 Å². The number of nitrogens with one attached hydrogen (secondary N) is 1. The third kappa shape index (κ3) is 2.57. The highest BCUT2D eigenvalue weighted by molar-refractivity contribution is 7.14. The van der Waals surface area contributed by atoms with Gasteiger partial charge in [-0.2, -0.15) is 5.10 Å². The summed E-state index contributed by atoms with van der Waals surface area (Å²) in [4.78, 5) is 41.0. The Balaban J connectivity index is 1.88. The van der Waals surface area contributed by atoms with Crippen LogP contribution in [0.15, 0.2) is 27.4 Å². The van der Waals surface area contributed by atoms with Crippen molar-refractivity contribution in [1.29, 1.82) is 0 Å². The first-order valence-corrected chi connectivity index (χ1v) is 7.63. The minimum Gasteiger partial charge on any atom is -0.343 e. The van der Waals surface area contributed by atoms with Crippen molar-refractivity contribution < 1.29 is 4.79 Å². The molecule has 0 bridgehead atoms. The Kier molecular flexibility index (Phi) is 3.60. The third-order valence-corrected chi connectivity index (χ3v) is 4.24. The van der Waals surface area contributed by atoms with Crippen LogP contribution in [0.4, 0.5) is 0 Å². The monoisotopic (exact) mass is 334 g/mol. The number of nitrogens with zero attached hydrogens (tertiary/aromatic N) is 5. The average Bonchev–Trinajstić information content (AvgIpc) is 3.10. The molecule has 1 amide bonds. The highest BCUT2D eigenvalue weighted by atomic mass is 32.1. The van der Waals surface area contributed by atoms with Crippen LogP contribution < -0.4 is 16.6 Å². The first-order chi connectivity index (χ1) is 10.9. The maximum atomic E-state index is 12.4. The summed E-state index contributed by atoms with van der Waals surface area (Å²) in [6.07, 6.45) is 1.72. The van der Waals surface area contributed by atoms with Gasteiger partial charge in [0.15, 0.2) is 0 Å². The van der Waals surface area contributed by atoms with E-state index in [4.69, 9.17) is 0 Å². The highest BCUT2D eigenvalue weighted by Gasteiger charge is 2.18. The maximum Gasteiger partial charge on any atom is 0.331 e. The summed E-state index contributed by atoms with van der Waals surface area (Å²) in [5.74, 6) is -0.515. The topological polar surface area (TPSA) is 103 Å². The van der Waals surface area contributed by atoms with Crippen LogP contribution in [-0.2, 0) is 14.1 Å². The fraction of sp³-hybridized carbons (Fsp3) is 0.308. The molecule has 9 nitrogen and oxygen atoms in total. The molecule has 0 radical (unpaired) electrons. The molecule has 0 saturated heterocycles. The number of carbonyl (C=O) groups excluding carboxylic acids is 1. The maximum absolute atomic E-state index is 12.4. The van der Waals surface area contributed by atoms with Crippen LogP contribution in [0.5, 0.6) is 0 Å². The van der Waals surface area contributed by atoms with Crippen LogP contribution in [0.1, 0.15) is 29.1 Å². The molecule has 1 N–H and O–H groups in total. The number of imidazole rings is 1. The number of fused-ring (bicyclic) bond motifs is 1. The van der Waals surface area contributed by atoms with Crippen molar-refractivity contribution in [3.63, 3.8) is 0 Å². The Morgan fingerprint density at radius 3 is 2.74 bits per heavy atom. The van der Waals surface area contributed by atoms with Crippen molar-refractivity contribution in [3.05, 3.63) is 50.0 Å². The normalized spacial score (nSPS) is 12.5. The summed E-state index contributed by atoms with van der Waals surface area (Å²) in [6.45, 7) is 1.77. The van der Waals surface area contributed by atoms with Gasteiger partial charge in [0.05, 0.1) is 17.9 Å². The second-order valence-electron chi connectivity index (χ2n) is 5.10. The van der Waals surface area contributed by atoms with Gasteiger partial charge in [0, 0.05) is 20.2 Å². The summed E-state index contributed by atoms with van der Waals surface area (Å²) in [6, 6.07) is 0.743. The van der Waals surface area contributed by atoms with Gasteiger partial charge in [0.1, 0.15) is 11.2 Å². The molecule has 0 aliphatic rings. The molecule has 10 heteroatoms. The van der Waals surface area contributed by atoms with E-state index in [1.807, 2.05) is 0 Å². The molecule has 23 heavy (non-hydrogen) atoms. The van der Waals surface area contributed by atoms with Crippen molar-refractivity contribution in [2.45, 2.75) is 13.0 Å². The number of hydrogen-bond donors (Lipinski definition) is 1. The number of aromatic nitrogens is 5. The van der Waals surface area contributed by atoms with Gasteiger partial charge in [-0.25, -0.2) is 14.3 Å². The molecular weight excluding hydrogens is 320 g/mol. The number of rotatable bonds is 3. The summed E-state index contributed by atoms with van der Waals surface area (Å²) in [5, 5.41) is 6.81. The minimum absolute atomic E-state index is 0.00379. The van der Waals surface area contributed by atoms with Crippen molar-refractivity contribution in [2.24, 2.45) is 14.1 Å². The molecule has 3 rings (SSSR count). The van der Waals surface area contributed by atoms with Gasteiger partial charge in [0.25, 0.3) is 11.5 Å². The van der Waals surface area contributed by atoms with E-state index in [0.29, 0.717) is 5.69 Å². The summed E-state index contributed by atoms with van der Waals surface area (Å²) in [7, 11) is 2.80. The van der Waals surface area contributed by atoms with Gasteiger partial charge >= 0.3 is 5.69 Å². The van der Waals surface area contributed by atoms with Crippen LogP contribution in [0.2, 0.25) is 0 Å². The molecule has 0 spiro atoms. The van der Waals surface area contributed by atoms with Crippen molar-refractivity contribution >= 4 is 22.2 Å². The minimum atomic E-state index is -0.554. The smallest absolute Gasteiger partial charge is 0.331 e. The number of carbonyl (C=O) groups is 1. The van der Waals surface area contributed by atoms with E-state index in [2.05, 4.69) is 15.4 Å². The lowest BCUT2D eigenvalue weighted by Crippen LogP contribution is -2.41. The average molecular weight is 334 g/mol. The van der Waals surface area contributed by atoms with Crippen LogP contribution in [0.25, 0.3) is 4.96 Å². The number of amides is 1. The predicted molar refractivity (Wildman–Crippen MR) is 83.7 cm³/mol. The summed E-state index contributed by atoms with van der Waals surface area (Å²) >= 11 is 1.39. The summed E-state index contributed by atoms with van der Waals surface area (Å²) < 4.78 is 3.70. The molecule has 3 aromatic heterocycles. The zero-order valence-corrected chi connectivity index (χ0v) is 13.5. The van der Waals surface area contributed by atoms with Crippen molar-refractivity contribution in [3.8, 4) is 0 Å². The third-order valence-electron chi connectivity index (χ3n) is 3.55. The molecule has 0 aliphatic carbocycles. The van der Waals surface area contributed by atoms with E-state index >= 15 is 0 Å². The number of hydrogen-bond acceptors (Lipinski definition) is 6. The molecule has 0 saturated carbocycles. The second-order valence-corrected chi connectivity index (χ2v) is 5.91. The lowest BCUT2D eigenvalue weighted by Gasteiger charge is -2.13. The first-order valence-electron chi connectivity index (χ1n) is 6.75. The Hall–Kier alpha value is -2.75. The molecule has 120 valence electrons. The lowest BCUT2D eigenvalue weighted by molar-refractivity contribution is 0.0929. The Bertz CT molecular complexity index is 982. The molecular formula is C13H14N6O3S. The molecule has 3 heterocycles. The zero-order valence-electron chi connectivity index (χ0n) is 12.7. The second kappa shape index (κ2) is 5.47. The standard InChI is InChI=1S/C13H14N6O3S/c1-7(8-5-19-12(16-8)23-6-14-19)15-11(21)9-4-10(20)18(3)13(22)17(9)2/h4-7H,1-3H3,(H,15,21).